The molecule has 0 radical (unpaired) electrons. The van der Waals surface area contributed by atoms with Crippen LogP contribution in [-0.2, 0) is 5.41 Å². The number of hydrogen-bond donors (Lipinski definition) is 0. The lowest BCUT2D eigenvalue weighted by atomic mass is 9.66. The molecule has 0 N–H and O–H groups in total. The Morgan fingerprint density at radius 3 is 1.49 bits per heavy atom. The summed E-state index contributed by atoms with van der Waals surface area (Å²) in [6.07, 6.45) is 0. The van der Waals surface area contributed by atoms with E-state index in [1.165, 1.54) is 66.8 Å². The molecule has 0 saturated carbocycles. The fraction of sp³-hybridized carbons (Fsp3) is 0.0182. The molecule has 2 heteroatoms. The van der Waals surface area contributed by atoms with Gasteiger partial charge >= 0.3 is 0 Å². The van der Waals surface area contributed by atoms with Crippen LogP contribution in [0.4, 0.5) is 17.1 Å². The van der Waals surface area contributed by atoms with Crippen LogP contribution in [0.2, 0.25) is 0 Å². The van der Waals surface area contributed by atoms with Gasteiger partial charge in [-0.2, -0.15) is 0 Å². The second kappa shape index (κ2) is 12.3. The molecule has 1 aromatic heterocycles. The number of nitrogens with zero attached hydrogens (tertiary/aromatic N) is 1. The molecular formula is C55H35NO. The summed E-state index contributed by atoms with van der Waals surface area (Å²) in [4.78, 5) is 2.41. The highest BCUT2D eigenvalue weighted by Crippen LogP contribution is 2.62. The summed E-state index contributed by atoms with van der Waals surface area (Å²) in [5, 5.41) is 2.20. The van der Waals surface area contributed by atoms with Crippen LogP contribution in [0.25, 0.3) is 66.4 Å². The van der Waals surface area contributed by atoms with E-state index in [4.69, 9.17) is 4.42 Å². The predicted molar refractivity (Wildman–Crippen MR) is 236 cm³/mol. The molecule has 2 aliphatic rings. The molecular weight excluding hydrogens is 691 g/mol. The molecule has 57 heavy (non-hydrogen) atoms. The molecule has 2 nitrogen and oxygen atoms in total. The summed E-state index contributed by atoms with van der Waals surface area (Å²) >= 11 is 0. The van der Waals surface area contributed by atoms with Gasteiger partial charge in [0, 0.05) is 16.8 Å². The summed E-state index contributed by atoms with van der Waals surface area (Å²) < 4.78 is 6.47. The van der Waals surface area contributed by atoms with Crippen LogP contribution in [0, 0.1) is 0 Å². The van der Waals surface area contributed by atoms with Crippen molar-refractivity contribution in [2.24, 2.45) is 0 Å². The van der Waals surface area contributed by atoms with Crippen LogP contribution in [0.5, 0.6) is 0 Å². The maximum absolute atomic E-state index is 6.47. The van der Waals surface area contributed by atoms with E-state index in [-0.39, 0.29) is 0 Å². The first-order chi connectivity index (χ1) is 28.3. The minimum Gasteiger partial charge on any atom is -0.456 e. The minimum absolute atomic E-state index is 0.528. The Morgan fingerprint density at radius 1 is 0.333 bits per heavy atom. The molecule has 9 aromatic carbocycles. The Morgan fingerprint density at radius 2 is 0.825 bits per heavy atom. The molecule has 0 atom stereocenters. The number of furan rings is 1. The molecule has 1 heterocycles. The monoisotopic (exact) mass is 725 g/mol. The quantitative estimate of drug-likeness (QED) is 0.180. The van der Waals surface area contributed by atoms with Crippen LogP contribution in [0.15, 0.2) is 217 Å². The van der Waals surface area contributed by atoms with E-state index in [1.54, 1.807) is 0 Å². The summed E-state index contributed by atoms with van der Waals surface area (Å²) in [6.45, 7) is 0. The average molecular weight is 726 g/mol. The zero-order valence-electron chi connectivity index (χ0n) is 31.1. The molecule has 1 spiro atoms. The molecule has 0 saturated heterocycles. The van der Waals surface area contributed by atoms with E-state index in [0.717, 1.165) is 39.0 Å². The van der Waals surface area contributed by atoms with E-state index in [9.17, 15) is 0 Å². The smallest absolute Gasteiger partial charge is 0.137 e. The molecule has 0 unspecified atom stereocenters. The van der Waals surface area contributed by atoms with E-state index < -0.39 is 5.41 Å². The Labute approximate surface area is 331 Å². The molecule has 0 fully saturated rings. The van der Waals surface area contributed by atoms with Gasteiger partial charge < -0.3 is 9.32 Å². The maximum atomic E-state index is 6.47. The Balaban J connectivity index is 1.14. The second-order valence-electron chi connectivity index (χ2n) is 15.2. The molecule has 266 valence electrons. The standard InChI is InChI=1S/C55H35NO/c1-2-15-36(16-3-1)37-29-31-38(32-30-37)56(51-26-14-28-53-54(51)45-22-9-13-27-52(45)57-53)39-33-34-50-46(35-39)44-21-8-12-25-49(44)55(50)47-23-10-6-19-42(47)40-17-4-5-18-41(40)43-20-7-11-24-48(43)55/h1-35H. The number of rotatable bonds is 4. The minimum atomic E-state index is -0.528. The van der Waals surface area contributed by atoms with E-state index in [0.29, 0.717) is 0 Å². The highest BCUT2D eigenvalue weighted by atomic mass is 16.3. The van der Waals surface area contributed by atoms with Crippen molar-refractivity contribution >= 4 is 39.0 Å². The van der Waals surface area contributed by atoms with Gasteiger partial charge in [-0.25, -0.2) is 0 Å². The van der Waals surface area contributed by atoms with E-state index in [1.807, 2.05) is 6.07 Å². The van der Waals surface area contributed by atoms with Gasteiger partial charge in [-0.05, 0) is 109 Å². The number of fused-ring (bicyclic) bond motifs is 15. The van der Waals surface area contributed by atoms with Gasteiger partial charge in [-0.1, -0.05) is 170 Å². The van der Waals surface area contributed by atoms with E-state index >= 15 is 0 Å². The normalized spacial score (nSPS) is 13.1. The third-order valence-electron chi connectivity index (χ3n) is 12.3. The van der Waals surface area contributed by atoms with Crippen LogP contribution in [0.1, 0.15) is 22.3 Å². The maximum Gasteiger partial charge on any atom is 0.137 e. The number of anilines is 3. The van der Waals surface area contributed by atoms with Gasteiger partial charge in [0.1, 0.15) is 11.2 Å². The lowest BCUT2D eigenvalue weighted by Crippen LogP contribution is -2.29. The van der Waals surface area contributed by atoms with Crippen LogP contribution in [-0.4, -0.2) is 0 Å². The van der Waals surface area contributed by atoms with Gasteiger partial charge in [-0.3, -0.25) is 0 Å². The molecule has 0 bridgehead atoms. The highest BCUT2D eigenvalue weighted by molar-refractivity contribution is 6.13. The topological polar surface area (TPSA) is 16.4 Å². The fourth-order valence-electron chi connectivity index (χ4n) is 9.98. The van der Waals surface area contributed by atoms with Crippen LogP contribution < -0.4 is 4.90 Å². The van der Waals surface area contributed by atoms with Crippen LogP contribution >= 0.6 is 0 Å². The highest BCUT2D eigenvalue weighted by Gasteiger charge is 2.49. The Hall–Kier alpha value is -7.42. The number of para-hydroxylation sites is 1. The Bertz CT molecular complexity index is 3120. The summed E-state index contributed by atoms with van der Waals surface area (Å²) in [6, 6.07) is 77.7. The second-order valence-corrected chi connectivity index (χ2v) is 15.2. The lowest BCUT2D eigenvalue weighted by Gasteiger charge is -2.35. The van der Waals surface area contributed by atoms with Gasteiger partial charge in [-0.15, -0.1) is 0 Å². The zero-order chi connectivity index (χ0) is 37.5. The third kappa shape index (κ3) is 4.53. The average Bonchev–Trinajstić information content (AvgIpc) is 3.78. The first kappa shape index (κ1) is 31.9. The van der Waals surface area contributed by atoms with Gasteiger partial charge in [0.25, 0.3) is 0 Å². The Kier molecular flexibility index (Phi) is 6.88. The van der Waals surface area contributed by atoms with Gasteiger partial charge in [0.2, 0.25) is 0 Å². The van der Waals surface area contributed by atoms with E-state index in [2.05, 4.69) is 211 Å². The van der Waals surface area contributed by atoms with Crippen molar-refractivity contribution in [3.8, 4) is 44.5 Å². The molecule has 0 amide bonds. The van der Waals surface area contributed by atoms with Crippen molar-refractivity contribution in [3.63, 3.8) is 0 Å². The van der Waals surface area contributed by atoms with Crippen molar-refractivity contribution in [2.45, 2.75) is 5.41 Å². The van der Waals surface area contributed by atoms with Crippen molar-refractivity contribution in [2.75, 3.05) is 4.90 Å². The molecule has 12 rings (SSSR count). The van der Waals surface area contributed by atoms with Crippen LogP contribution in [0.3, 0.4) is 0 Å². The summed E-state index contributed by atoms with van der Waals surface area (Å²) in [5.74, 6) is 0. The zero-order valence-corrected chi connectivity index (χ0v) is 31.1. The predicted octanol–water partition coefficient (Wildman–Crippen LogP) is 14.7. The third-order valence-corrected chi connectivity index (χ3v) is 12.3. The fourth-order valence-corrected chi connectivity index (χ4v) is 9.98. The number of hydrogen-bond acceptors (Lipinski definition) is 2. The van der Waals surface area contributed by atoms with Crippen molar-refractivity contribution in [3.05, 3.63) is 235 Å². The largest absolute Gasteiger partial charge is 0.456 e. The first-order valence-electron chi connectivity index (χ1n) is 19.7. The van der Waals surface area contributed by atoms with Crippen molar-refractivity contribution < 1.29 is 4.42 Å². The van der Waals surface area contributed by atoms with Gasteiger partial charge in [0.15, 0.2) is 0 Å². The van der Waals surface area contributed by atoms with Gasteiger partial charge in [0.05, 0.1) is 16.5 Å². The molecule has 10 aromatic rings. The summed E-state index contributed by atoms with van der Waals surface area (Å²) in [5.41, 5.74) is 19.7. The molecule has 0 aliphatic heterocycles. The number of benzene rings is 9. The van der Waals surface area contributed by atoms with Crippen molar-refractivity contribution in [1.82, 2.24) is 0 Å². The summed E-state index contributed by atoms with van der Waals surface area (Å²) in [7, 11) is 0. The van der Waals surface area contributed by atoms with Crippen molar-refractivity contribution in [1.29, 1.82) is 0 Å². The lowest BCUT2D eigenvalue weighted by molar-refractivity contribution is 0.669. The first-order valence-corrected chi connectivity index (χ1v) is 19.7. The molecule has 2 aliphatic carbocycles. The SMILES string of the molecule is c1ccc(-c2ccc(N(c3ccc4c(c3)-c3ccccc3C43c4ccccc4-c4ccccc4-c4ccccc43)c3cccc4oc5ccccc5c34)cc2)cc1.